The zero-order valence-electron chi connectivity index (χ0n) is 22.5. The van der Waals surface area contributed by atoms with Crippen molar-refractivity contribution < 1.29 is 23.9 Å². The molecular formula is C32H33N3O5. The van der Waals surface area contributed by atoms with Crippen LogP contribution in [-0.4, -0.2) is 64.8 Å². The summed E-state index contributed by atoms with van der Waals surface area (Å²) in [4.78, 5) is 44.8. The Kier molecular flexibility index (Phi) is 7.62. The molecule has 2 saturated heterocycles. The third kappa shape index (κ3) is 5.50. The summed E-state index contributed by atoms with van der Waals surface area (Å²) in [5.74, 6) is -0.0679. The summed E-state index contributed by atoms with van der Waals surface area (Å²) in [6.45, 7) is 5.25. The Hall–Kier alpha value is -4.01. The minimum absolute atomic E-state index is 0.194. The lowest BCUT2D eigenvalue weighted by atomic mass is 10.0. The smallest absolute Gasteiger partial charge is 0.255 e. The number of hydrogen-bond acceptors (Lipinski definition) is 6. The maximum atomic E-state index is 13.4. The molecule has 3 aromatic carbocycles. The molecule has 6 rings (SSSR count). The molecule has 0 bridgehead atoms. The van der Waals surface area contributed by atoms with Gasteiger partial charge in [-0.1, -0.05) is 60.7 Å². The summed E-state index contributed by atoms with van der Waals surface area (Å²) in [6, 6.07) is 22.7. The van der Waals surface area contributed by atoms with E-state index in [4.69, 9.17) is 9.47 Å². The molecule has 8 nitrogen and oxygen atoms in total. The maximum absolute atomic E-state index is 13.4. The highest BCUT2D eigenvalue weighted by molar-refractivity contribution is 6.05. The Morgan fingerprint density at radius 1 is 0.800 bits per heavy atom. The van der Waals surface area contributed by atoms with E-state index in [0.717, 1.165) is 49.5 Å². The fourth-order valence-corrected chi connectivity index (χ4v) is 5.68. The van der Waals surface area contributed by atoms with Crippen LogP contribution in [0.5, 0.6) is 5.75 Å². The molecule has 2 fully saturated rings. The van der Waals surface area contributed by atoms with Gasteiger partial charge in [0.15, 0.2) is 0 Å². The van der Waals surface area contributed by atoms with Crippen LogP contribution in [0.3, 0.4) is 0 Å². The van der Waals surface area contributed by atoms with Crippen LogP contribution in [0, 0.1) is 0 Å². The van der Waals surface area contributed by atoms with Gasteiger partial charge in [-0.3, -0.25) is 24.2 Å². The summed E-state index contributed by atoms with van der Waals surface area (Å²) in [5.41, 5.74) is 4.52. The SMILES string of the molecule is O=C1CC[C@H](N2Cc3c(OCc4ccc(CN5CCOCC5)cc4)cccc3C2=O)C(=O)N1Cc1ccccc1. The molecular weight excluding hydrogens is 506 g/mol. The number of amides is 3. The molecule has 0 aliphatic carbocycles. The minimum Gasteiger partial charge on any atom is -0.489 e. The van der Waals surface area contributed by atoms with Crippen molar-refractivity contribution in [3.63, 3.8) is 0 Å². The van der Waals surface area contributed by atoms with E-state index in [1.165, 1.54) is 10.5 Å². The van der Waals surface area contributed by atoms with Crippen molar-refractivity contribution in [3.05, 3.63) is 101 Å². The van der Waals surface area contributed by atoms with Crippen molar-refractivity contribution >= 4 is 17.7 Å². The highest BCUT2D eigenvalue weighted by atomic mass is 16.5. The minimum atomic E-state index is -0.673. The molecule has 0 saturated carbocycles. The van der Waals surface area contributed by atoms with Gasteiger partial charge in [-0.05, 0) is 35.2 Å². The lowest BCUT2D eigenvalue weighted by Gasteiger charge is -2.35. The van der Waals surface area contributed by atoms with E-state index in [1.54, 1.807) is 11.0 Å². The predicted molar refractivity (Wildman–Crippen MR) is 148 cm³/mol. The third-order valence-corrected chi connectivity index (χ3v) is 7.92. The van der Waals surface area contributed by atoms with Crippen molar-refractivity contribution in [2.75, 3.05) is 26.3 Å². The van der Waals surface area contributed by atoms with Crippen molar-refractivity contribution in [2.45, 2.75) is 45.1 Å². The molecule has 206 valence electrons. The van der Waals surface area contributed by atoms with Gasteiger partial charge in [-0.2, -0.15) is 0 Å². The molecule has 3 amide bonds. The Morgan fingerprint density at radius 2 is 1.52 bits per heavy atom. The average molecular weight is 540 g/mol. The van der Waals surface area contributed by atoms with Gasteiger partial charge >= 0.3 is 0 Å². The van der Waals surface area contributed by atoms with Crippen molar-refractivity contribution in [1.82, 2.24) is 14.7 Å². The first-order chi connectivity index (χ1) is 19.6. The quantitative estimate of drug-likeness (QED) is 0.406. The van der Waals surface area contributed by atoms with Crippen molar-refractivity contribution in [3.8, 4) is 5.75 Å². The van der Waals surface area contributed by atoms with E-state index < -0.39 is 6.04 Å². The molecule has 0 spiro atoms. The number of carbonyl (C=O) groups is 3. The second kappa shape index (κ2) is 11.6. The first-order valence-electron chi connectivity index (χ1n) is 13.9. The lowest BCUT2D eigenvalue weighted by molar-refractivity contribution is -0.153. The van der Waals surface area contributed by atoms with E-state index in [9.17, 15) is 14.4 Å². The summed E-state index contributed by atoms with van der Waals surface area (Å²) in [5, 5.41) is 0. The standard InChI is InChI=1S/C32H33N3O5/c36-30-14-13-28(32(38)35(30)20-23-5-2-1-3-6-23)34-21-27-26(31(34)37)7-4-8-29(27)40-22-25-11-9-24(10-12-25)19-33-15-17-39-18-16-33/h1-12,28H,13-22H2/t28-/m0/s1. The number of fused-ring (bicyclic) bond motifs is 1. The molecule has 1 atom stereocenters. The van der Waals surface area contributed by atoms with Crippen LogP contribution in [0.2, 0.25) is 0 Å². The van der Waals surface area contributed by atoms with Gasteiger partial charge in [-0.15, -0.1) is 0 Å². The summed E-state index contributed by atoms with van der Waals surface area (Å²) in [7, 11) is 0. The van der Waals surface area contributed by atoms with Crippen LogP contribution in [0.1, 0.15) is 45.5 Å². The van der Waals surface area contributed by atoms with Gasteiger partial charge in [0, 0.05) is 37.2 Å². The largest absolute Gasteiger partial charge is 0.489 e. The normalized spacial score (nSPS) is 19.7. The van der Waals surface area contributed by atoms with E-state index in [-0.39, 0.29) is 37.2 Å². The number of likely N-dealkylation sites (tertiary alicyclic amines) is 1. The molecule has 3 heterocycles. The summed E-state index contributed by atoms with van der Waals surface area (Å²) < 4.78 is 11.6. The number of imide groups is 1. The molecule has 0 aromatic heterocycles. The van der Waals surface area contributed by atoms with Crippen LogP contribution < -0.4 is 4.74 Å². The molecule has 8 heteroatoms. The number of benzene rings is 3. The number of hydrogen-bond donors (Lipinski definition) is 0. The van der Waals surface area contributed by atoms with Crippen molar-refractivity contribution in [1.29, 1.82) is 0 Å². The van der Waals surface area contributed by atoms with Gasteiger partial charge in [0.05, 0.1) is 26.3 Å². The molecule has 0 N–H and O–H groups in total. The Balaban J connectivity index is 1.11. The molecule has 0 radical (unpaired) electrons. The number of piperidine rings is 1. The highest BCUT2D eigenvalue weighted by Crippen LogP contribution is 2.35. The van der Waals surface area contributed by atoms with Gasteiger partial charge in [-0.25, -0.2) is 0 Å². The van der Waals surface area contributed by atoms with Crippen LogP contribution in [0.25, 0.3) is 0 Å². The average Bonchev–Trinajstić information content (AvgIpc) is 3.32. The monoisotopic (exact) mass is 539 g/mol. The van der Waals surface area contributed by atoms with E-state index in [0.29, 0.717) is 24.3 Å². The number of nitrogens with zero attached hydrogens (tertiary/aromatic N) is 3. The Bertz CT molecular complexity index is 1390. The van der Waals surface area contributed by atoms with Crippen LogP contribution in [-0.2, 0) is 40.6 Å². The number of carbonyl (C=O) groups excluding carboxylic acids is 3. The molecule has 3 aromatic rings. The van der Waals surface area contributed by atoms with Gasteiger partial charge in [0.2, 0.25) is 5.91 Å². The topological polar surface area (TPSA) is 79.4 Å². The molecule has 0 unspecified atom stereocenters. The van der Waals surface area contributed by atoms with Gasteiger partial charge in [0.1, 0.15) is 18.4 Å². The fourth-order valence-electron chi connectivity index (χ4n) is 5.68. The Labute approximate surface area is 234 Å². The first-order valence-corrected chi connectivity index (χ1v) is 13.9. The lowest BCUT2D eigenvalue weighted by Crippen LogP contribution is -2.54. The zero-order valence-corrected chi connectivity index (χ0v) is 22.5. The Morgan fingerprint density at radius 3 is 2.30 bits per heavy atom. The molecule has 40 heavy (non-hydrogen) atoms. The number of morpholine rings is 1. The maximum Gasteiger partial charge on any atom is 0.255 e. The number of ether oxygens (including phenoxy) is 2. The first kappa shape index (κ1) is 26.2. The van der Waals surface area contributed by atoms with Crippen molar-refractivity contribution in [2.24, 2.45) is 0 Å². The summed E-state index contributed by atoms with van der Waals surface area (Å²) in [6.07, 6.45) is 0.559. The predicted octanol–water partition coefficient (Wildman–Crippen LogP) is 3.77. The van der Waals surface area contributed by atoms with Crippen LogP contribution in [0.15, 0.2) is 72.8 Å². The molecule has 3 aliphatic rings. The third-order valence-electron chi connectivity index (χ3n) is 7.92. The zero-order chi connectivity index (χ0) is 27.5. The van der Waals surface area contributed by atoms with E-state index in [2.05, 4.69) is 29.2 Å². The van der Waals surface area contributed by atoms with Crippen LogP contribution in [0.4, 0.5) is 0 Å². The fraction of sp³-hybridized carbons (Fsp3) is 0.344. The van der Waals surface area contributed by atoms with Gasteiger partial charge < -0.3 is 14.4 Å². The van der Waals surface area contributed by atoms with Gasteiger partial charge in [0.25, 0.3) is 11.8 Å². The highest BCUT2D eigenvalue weighted by Gasteiger charge is 2.43. The second-order valence-corrected chi connectivity index (χ2v) is 10.6. The van der Waals surface area contributed by atoms with E-state index >= 15 is 0 Å². The second-order valence-electron chi connectivity index (χ2n) is 10.6. The van der Waals surface area contributed by atoms with Crippen LogP contribution >= 0.6 is 0 Å². The van der Waals surface area contributed by atoms with E-state index in [1.807, 2.05) is 42.5 Å². The molecule has 3 aliphatic heterocycles. The number of rotatable bonds is 8. The summed E-state index contributed by atoms with van der Waals surface area (Å²) >= 11 is 0.